The first-order chi connectivity index (χ1) is 12.8. The van der Waals surface area contributed by atoms with Crippen molar-refractivity contribution in [3.63, 3.8) is 0 Å². The highest BCUT2D eigenvalue weighted by Gasteiger charge is 2.32. The van der Waals surface area contributed by atoms with Crippen LogP contribution in [0.25, 0.3) is 10.2 Å². The van der Waals surface area contributed by atoms with Gasteiger partial charge >= 0.3 is 0 Å². The molecule has 1 aliphatic rings. The Hall–Kier alpha value is -1.93. The smallest absolute Gasteiger partial charge is 0.187 e. The summed E-state index contributed by atoms with van der Waals surface area (Å²) in [5, 5.41) is 9.29. The standard InChI is InChI=1S/C19H18N2O3S2/c22-10-15-9-21(18(11-23)24-15)14-6-7-16-17(8-14)26-19(20-16)25-12-13-4-2-1-3-5-13/h1-8,11,15,18,22H,9-10,12H2/t15-,18?/m1/s1. The van der Waals surface area contributed by atoms with Crippen LogP contribution in [0.4, 0.5) is 5.69 Å². The number of hydrogen-bond donors (Lipinski definition) is 1. The zero-order valence-corrected chi connectivity index (χ0v) is 15.6. The van der Waals surface area contributed by atoms with Crippen LogP contribution < -0.4 is 4.90 Å². The fourth-order valence-electron chi connectivity index (χ4n) is 2.95. The molecule has 0 spiro atoms. The molecule has 1 N–H and O–H groups in total. The fraction of sp³-hybridized carbons (Fsp3) is 0.263. The van der Waals surface area contributed by atoms with Crippen LogP contribution in [0.2, 0.25) is 0 Å². The molecule has 0 radical (unpaired) electrons. The minimum Gasteiger partial charge on any atom is -0.394 e. The Kier molecular flexibility index (Phi) is 5.21. The van der Waals surface area contributed by atoms with Crippen LogP contribution in [0.5, 0.6) is 0 Å². The summed E-state index contributed by atoms with van der Waals surface area (Å²) in [5.41, 5.74) is 3.14. The van der Waals surface area contributed by atoms with Crippen molar-refractivity contribution >= 4 is 45.3 Å². The third-order valence-corrected chi connectivity index (χ3v) is 6.48. The molecule has 2 aromatic carbocycles. The van der Waals surface area contributed by atoms with Gasteiger partial charge in [-0.15, -0.1) is 11.3 Å². The van der Waals surface area contributed by atoms with E-state index in [0.717, 1.165) is 32.3 Å². The molecule has 2 atom stereocenters. The summed E-state index contributed by atoms with van der Waals surface area (Å²) in [4.78, 5) is 17.8. The van der Waals surface area contributed by atoms with Crippen molar-refractivity contribution in [1.82, 2.24) is 4.98 Å². The molecule has 1 saturated heterocycles. The van der Waals surface area contributed by atoms with Gasteiger partial charge in [0.2, 0.25) is 0 Å². The lowest BCUT2D eigenvalue weighted by Crippen LogP contribution is -2.31. The first kappa shape index (κ1) is 17.5. The van der Waals surface area contributed by atoms with Crippen LogP contribution in [0, 0.1) is 0 Å². The van der Waals surface area contributed by atoms with Gasteiger partial charge in [-0.1, -0.05) is 42.1 Å². The molecule has 1 aromatic heterocycles. The van der Waals surface area contributed by atoms with Gasteiger partial charge < -0.3 is 14.7 Å². The normalized spacial score (nSPS) is 20.0. The molecule has 26 heavy (non-hydrogen) atoms. The van der Waals surface area contributed by atoms with Crippen molar-refractivity contribution in [1.29, 1.82) is 0 Å². The second-order valence-corrected chi connectivity index (χ2v) is 8.28. The number of aliphatic hydroxyl groups excluding tert-OH is 1. The Morgan fingerprint density at radius 3 is 2.92 bits per heavy atom. The number of rotatable bonds is 6. The molecule has 5 nitrogen and oxygen atoms in total. The number of anilines is 1. The van der Waals surface area contributed by atoms with Crippen LogP contribution >= 0.6 is 23.1 Å². The van der Waals surface area contributed by atoms with Crippen LogP contribution in [-0.4, -0.2) is 41.9 Å². The number of hydrogen-bond acceptors (Lipinski definition) is 7. The predicted octanol–water partition coefficient (Wildman–Crippen LogP) is 3.31. The number of carbonyl (C=O) groups is 1. The maximum Gasteiger partial charge on any atom is 0.187 e. The Balaban J connectivity index is 1.53. The monoisotopic (exact) mass is 386 g/mol. The van der Waals surface area contributed by atoms with E-state index in [1.165, 1.54) is 5.56 Å². The third-order valence-electron chi connectivity index (χ3n) is 4.25. The molecule has 1 fully saturated rings. The number of thiazole rings is 1. The number of thioether (sulfide) groups is 1. The van der Waals surface area contributed by atoms with Crippen molar-refractivity contribution in [2.75, 3.05) is 18.1 Å². The van der Waals surface area contributed by atoms with E-state index in [-0.39, 0.29) is 12.7 Å². The number of benzene rings is 2. The highest BCUT2D eigenvalue weighted by atomic mass is 32.2. The van der Waals surface area contributed by atoms with Gasteiger partial charge in [-0.25, -0.2) is 4.98 Å². The number of aromatic nitrogens is 1. The van der Waals surface area contributed by atoms with Gasteiger partial charge in [0, 0.05) is 18.0 Å². The zero-order valence-electron chi connectivity index (χ0n) is 13.9. The molecule has 1 aliphatic heterocycles. The molecular formula is C19H18N2O3S2. The van der Waals surface area contributed by atoms with Crippen LogP contribution in [0.15, 0.2) is 52.9 Å². The number of aldehydes is 1. The van der Waals surface area contributed by atoms with Gasteiger partial charge in [0.15, 0.2) is 16.9 Å². The number of fused-ring (bicyclic) bond motifs is 1. The van der Waals surface area contributed by atoms with Crippen molar-refractivity contribution in [2.45, 2.75) is 22.4 Å². The van der Waals surface area contributed by atoms with Gasteiger partial charge in [0.25, 0.3) is 0 Å². The van der Waals surface area contributed by atoms with Crippen LogP contribution in [0.1, 0.15) is 5.56 Å². The molecule has 4 rings (SSSR count). The maximum atomic E-state index is 11.3. The van der Waals surface area contributed by atoms with Gasteiger partial charge in [0.1, 0.15) is 6.10 Å². The highest BCUT2D eigenvalue weighted by molar-refractivity contribution is 8.00. The average molecular weight is 386 g/mol. The molecule has 7 heteroatoms. The largest absolute Gasteiger partial charge is 0.394 e. The molecule has 134 valence electrons. The van der Waals surface area contributed by atoms with Crippen molar-refractivity contribution in [3.8, 4) is 0 Å². The van der Waals surface area contributed by atoms with Gasteiger partial charge in [-0.3, -0.25) is 4.79 Å². The Morgan fingerprint density at radius 2 is 2.15 bits per heavy atom. The Labute approximate surface area is 159 Å². The second-order valence-electron chi connectivity index (χ2n) is 6.03. The van der Waals surface area contributed by atoms with Gasteiger partial charge in [0.05, 0.1) is 16.8 Å². The highest BCUT2D eigenvalue weighted by Crippen LogP contribution is 2.34. The van der Waals surface area contributed by atoms with E-state index < -0.39 is 6.23 Å². The lowest BCUT2D eigenvalue weighted by atomic mass is 10.2. The SMILES string of the molecule is O=CC1O[C@@H](CO)CN1c1ccc2nc(SCc3ccccc3)sc2c1. The number of aliphatic hydroxyl groups is 1. The van der Waals surface area contributed by atoms with Gasteiger partial charge in [-0.2, -0.15) is 0 Å². The molecule has 0 amide bonds. The van der Waals surface area contributed by atoms with E-state index in [0.29, 0.717) is 6.54 Å². The predicted molar refractivity (Wildman–Crippen MR) is 105 cm³/mol. The molecule has 1 unspecified atom stereocenters. The van der Waals surface area contributed by atoms with Crippen molar-refractivity contribution < 1.29 is 14.6 Å². The second kappa shape index (κ2) is 7.75. The summed E-state index contributed by atoms with van der Waals surface area (Å²) < 4.78 is 7.63. The first-order valence-electron chi connectivity index (χ1n) is 8.32. The molecule has 3 aromatic rings. The summed E-state index contributed by atoms with van der Waals surface area (Å²) in [7, 11) is 0. The quantitative estimate of drug-likeness (QED) is 0.518. The third kappa shape index (κ3) is 3.61. The molecule has 0 saturated carbocycles. The first-order valence-corrected chi connectivity index (χ1v) is 10.1. The van der Waals surface area contributed by atoms with E-state index in [1.807, 2.05) is 41.3 Å². The van der Waals surface area contributed by atoms with E-state index in [4.69, 9.17) is 4.74 Å². The van der Waals surface area contributed by atoms with Crippen LogP contribution in [-0.2, 0) is 15.3 Å². The number of nitrogens with zero attached hydrogens (tertiary/aromatic N) is 2. The van der Waals surface area contributed by atoms with E-state index in [2.05, 4.69) is 17.1 Å². The summed E-state index contributed by atoms with van der Waals surface area (Å²) >= 11 is 3.38. The van der Waals surface area contributed by atoms with E-state index >= 15 is 0 Å². The minimum atomic E-state index is -0.649. The molecule has 0 aliphatic carbocycles. The summed E-state index contributed by atoms with van der Waals surface area (Å²) in [5.74, 6) is 0.888. The van der Waals surface area contributed by atoms with Crippen LogP contribution in [0.3, 0.4) is 0 Å². The van der Waals surface area contributed by atoms with Gasteiger partial charge in [-0.05, 0) is 23.8 Å². The Morgan fingerprint density at radius 1 is 1.31 bits per heavy atom. The average Bonchev–Trinajstić information content (AvgIpc) is 3.29. The number of ether oxygens (including phenoxy) is 1. The zero-order chi connectivity index (χ0) is 17.9. The van der Waals surface area contributed by atoms with Crippen molar-refractivity contribution in [2.24, 2.45) is 0 Å². The summed E-state index contributed by atoms with van der Waals surface area (Å²) in [6, 6.07) is 16.3. The molecule has 2 heterocycles. The lowest BCUT2D eigenvalue weighted by Gasteiger charge is -2.20. The van der Waals surface area contributed by atoms with E-state index in [1.54, 1.807) is 23.1 Å². The number of carbonyl (C=O) groups excluding carboxylic acids is 1. The Bertz CT molecular complexity index is 900. The van der Waals surface area contributed by atoms with Crippen molar-refractivity contribution in [3.05, 3.63) is 54.1 Å². The maximum absolute atomic E-state index is 11.3. The molecule has 0 bridgehead atoms. The minimum absolute atomic E-state index is 0.0933. The fourth-order valence-corrected chi connectivity index (χ4v) is 5.00. The summed E-state index contributed by atoms with van der Waals surface area (Å²) in [6.45, 7) is 0.406. The molecular weight excluding hydrogens is 368 g/mol. The topological polar surface area (TPSA) is 62.7 Å². The van der Waals surface area contributed by atoms with E-state index in [9.17, 15) is 9.90 Å². The summed E-state index contributed by atoms with van der Waals surface area (Å²) in [6.07, 6.45) is -0.211. The lowest BCUT2D eigenvalue weighted by molar-refractivity contribution is -0.117.